The summed E-state index contributed by atoms with van der Waals surface area (Å²) < 4.78 is 13.2. The summed E-state index contributed by atoms with van der Waals surface area (Å²) in [6, 6.07) is 0. The van der Waals surface area contributed by atoms with E-state index in [2.05, 4.69) is 5.10 Å². The fourth-order valence-electron chi connectivity index (χ4n) is 2.00. The lowest BCUT2D eigenvalue weighted by Crippen LogP contribution is -2.28. The van der Waals surface area contributed by atoms with E-state index in [1.54, 1.807) is 0 Å². The average molecular weight is 253 g/mol. The second-order valence-corrected chi connectivity index (χ2v) is 5.95. The molecular formula is C13H23N3O2. The van der Waals surface area contributed by atoms with Crippen LogP contribution in [0.1, 0.15) is 39.7 Å². The molecule has 1 fully saturated rings. The summed E-state index contributed by atoms with van der Waals surface area (Å²) in [4.78, 5) is 0. The molecule has 2 N–H and O–H groups in total. The van der Waals surface area contributed by atoms with Gasteiger partial charge in [-0.25, -0.2) is 0 Å². The Labute approximate surface area is 108 Å². The molecule has 1 aromatic heterocycles. The number of nitrogens with zero attached hydrogens (tertiary/aromatic N) is 2. The molecule has 0 amide bonds. The molecule has 5 nitrogen and oxygen atoms in total. The summed E-state index contributed by atoms with van der Waals surface area (Å²) in [7, 11) is 0. The Morgan fingerprint density at radius 2 is 2.28 bits per heavy atom. The van der Waals surface area contributed by atoms with Gasteiger partial charge in [-0.1, -0.05) is 0 Å². The normalized spacial score (nSPS) is 23.5. The first-order chi connectivity index (χ1) is 8.26. The van der Waals surface area contributed by atoms with Crippen LogP contribution in [0.15, 0.2) is 12.4 Å². The van der Waals surface area contributed by atoms with Crippen LogP contribution >= 0.6 is 0 Å². The zero-order valence-electron chi connectivity index (χ0n) is 11.6. The third kappa shape index (κ3) is 3.31. The van der Waals surface area contributed by atoms with Gasteiger partial charge in [0.1, 0.15) is 0 Å². The molecule has 2 heterocycles. The molecule has 1 aliphatic rings. The van der Waals surface area contributed by atoms with Crippen LogP contribution in [-0.2, 0) is 21.6 Å². The van der Waals surface area contributed by atoms with Gasteiger partial charge in [0.2, 0.25) is 0 Å². The van der Waals surface area contributed by atoms with Gasteiger partial charge in [0.25, 0.3) is 0 Å². The Hall–Kier alpha value is -0.910. The van der Waals surface area contributed by atoms with Gasteiger partial charge in [0.15, 0.2) is 5.79 Å². The van der Waals surface area contributed by atoms with E-state index in [0.717, 1.165) is 18.5 Å². The van der Waals surface area contributed by atoms with Crippen LogP contribution < -0.4 is 5.73 Å². The maximum Gasteiger partial charge on any atom is 0.163 e. The molecule has 0 aromatic carbocycles. The van der Waals surface area contributed by atoms with Gasteiger partial charge in [-0.05, 0) is 34.1 Å². The predicted molar refractivity (Wildman–Crippen MR) is 69.0 cm³/mol. The second-order valence-electron chi connectivity index (χ2n) is 5.95. The quantitative estimate of drug-likeness (QED) is 0.885. The molecule has 1 aliphatic heterocycles. The highest BCUT2D eigenvalue weighted by Crippen LogP contribution is 2.24. The zero-order valence-corrected chi connectivity index (χ0v) is 11.6. The SMILES string of the molecule is CC1(C)OCC(CCn2cc(C(C)(C)N)cn2)O1. The molecule has 102 valence electrons. The molecule has 0 saturated carbocycles. The molecule has 5 heteroatoms. The molecule has 0 bridgehead atoms. The first-order valence-corrected chi connectivity index (χ1v) is 6.40. The standard InChI is InChI=1S/C13H23N3O2/c1-12(2,14)10-7-15-16(8-10)6-5-11-9-17-13(3,4)18-11/h7-8,11H,5-6,9,14H2,1-4H3. The number of hydrogen-bond acceptors (Lipinski definition) is 4. The summed E-state index contributed by atoms with van der Waals surface area (Å²) in [5.74, 6) is -0.445. The maximum absolute atomic E-state index is 6.03. The lowest BCUT2D eigenvalue weighted by molar-refractivity contribution is -0.139. The number of aryl methyl sites for hydroxylation is 1. The van der Waals surface area contributed by atoms with Crippen molar-refractivity contribution < 1.29 is 9.47 Å². The Morgan fingerprint density at radius 3 is 2.78 bits per heavy atom. The van der Waals surface area contributed by atoms with Gasteiger partial charge in [-0.2, -0.15) is 5.10 Å². The van der Waals surface area contributed by atoms with E-state index in [-0.39, 0.29) is 11.6 Å². The molecule has 1 unspecified atom stereocenters. The number of aromatic nitrogens is 2. The molecule has 2 rings (SSSR count). The minimum Gasteiger partial charge on any atom is -0.348 e. The zero-order chi connectivity index (χ0) is 13.4. The van der Waals surface area contributed by atoms with E-state index >= 15 is 0 Å². The second kappa shape index (κ2) is 4.64. The highest BCUT2D eigenvalue weighted by atomic mass is 16.7. The highest BCUT2D eigenvalue weighted by Gasteiger charge is 2.32. The maximum atomic E-state index is 6.03. The number of rotatable bonds is 4. The van der Waals surface area contributed by atoms with Crippen LogP contribution in [-0.4, -0.2) is 28.3 Å². The minimum absolute atomic E-state index is 0.151. The van der Waals surface area contributed by atoms with Crippen LogP contribution in [0, 0.1) is 0 Å². The number of nitrogens with two attached hydrogens (primary N) is 1. The summed E-state index contributed by atoms with van der Waals surface area (Å²) in [5, 5.41) is 4.32. The molecule has 0 spiro atoms. The third-order valence-electron chi connectivity index (χ3n) is 3.12. The van der Waals surface area contributed by atoms with Gasteiger partial charge < -0.3 is 15.2 Å². The monoisotopic (exact) mass is 253 g/mol. The summed E-state index contributed by atoms with van der Waals surface area (Å²) in [6.45, 7) is 9.31. The highest BCUT2D eigenvalue weighted by molar-refractivity contribution is 5.14. The molecular weight excluding hydrogens is 230 g/mol. The van der Waals surface area contributed by atoms with Crippen molar-refractivity contribution in [2.75, 3.05) is 6.61 Å². The van der Waals surface area contributed by atoms with E-state index in [1.807, 2.05) is 44.8 Å². The largest absolute Gasteiger partial charge is 0.348 e. The fourth-order valence-corrected chi connectivity index (χ4v) is 2.00. The van der Waals surface area contributed by atoms with Crippen molar-refractivity contribution in [2.24, 2.45) is 5.73 Å². The van der Waals surface area contributed by atoms with Gasteiger partial charge >= 0.3 is 0 Å². The average Bonchev–Trinajstić information content (AvgIpc) is 2.80. The Balaban J connectivity index is 1.86. The predicted octanol–water partition coefficient (Wildman–Crippen LogP) is 1.62. The van der Waals surface area contributed by atoms with Crippen LogP contribution in [0.5, 0.6) is 0 Å². The van der Waals surface area contributed by atoms with Gasteiger partial charge in [0.05, 0.1) is 18.9 Å². The van der Waals surface area contributed by atoms with Crippen molar-refractivity contribution in [1.82, 2.24) is 9.78 Å². The van der Waals surface area contributed by atoms with Crippen molar-refractivity contribution in [2.45, 2.75) is 58.1 Å². The van der Waals surface area contributed by atoms with Crippen molar-refractivity contribution in [3.8, 4) is 0 Å². The smallest absolute Gasteiger partial charge is 0.163 e. The summed E-state index contributed by atoms with van der Waals surface area (Å²) in [6.07, 6.45) is 4.88. The Bertz CT molecular complexity index is 407. The lowest BCUT2D eigenvalue weighted by atomic mass is 10.00. The fraction of sp³-hybridized carbons (Fsp3) is 0.769. The minimum atomic E-state index is -0.445. The Morgan fingerprint density at radius 1 is 1.56 bits per heavy atom. The third-order valence-corrected chi connectivity index (χ3v) is 3.12. The van der Waals surface area contributed by atoms with Gasteiger partial charge in [-0.15, -0.1) is 0 Å². The molecule has 0 aliphatic carbocycles. The molecule has 1 saturated heterocycles. The van der Waals surface area contributed by atoms with E-state index in [1.165, 1.54) is 0 Å². The van der Waals surface area contributed by atoms with E-state index < -0.39 is 5.79 Å². The molecule has 18 heavy (non-hydrogen) atoms. The van der Waals surface area contributed by atoms with Crippen molar-refractivity contribution in [3.05, 3.63) is 18.0 Å². The topological polar surface area (TPSA) is 62.3 Å². The summed E-state index contributed by atoms with van der Waals surface area (Å²) in [5.41, 5.74) is 6.73. The molecule has 1 aromatic rings. The van der Waals surface area contributed by atoms with Crippen LogP contribution in [0.4, 0.5) is 0 Å². The van der Waals surface area contributed by atoms with E-state index in [9.17, 15) is 0 Å². The van der Waals surface area contributed by atoms with E-state index in [4.69, 9.17) is 15.2 Å². The van der Waals surface area contributed by atoms with Gasteiger partial charge in [-0.3, -0.25) is 4.68 Å². The van der Waals surface area contributed by atoms with E-state index in [0.29, 0.717) is 6.61 Å². The lowest BCUT2D eigenvalue weighted by Gasteiger charge is -2.17. The van der Waals surface area contributed by atoms with Crippen LogP contribution in [0.25, 0.3) is 0 Å². The van der Waals surface area contributed by atoms with Gasteiger partial charge in [0, 0.05) is 23.8 Å². The van der Waals surface area contributed by atoms with Crippen molar-refractivity contribution >= 4 is 0 Å². The van der Waals surface area contributed by atoms with Crippen molar-refractivity contribution in [1.29, 1.82) is 0 Å². The number of ether oxygens (including phenoxy) is 2. The first-order valence-electron chi connectivity index (χ1n) is 6.40. The van der Waals surface area contributed by atoms with Crippen LogP contribution in [0.2, 0.25) is 0 Å². The Kier molecular flexibility index (Phi) is 3.49. The molecule has 1 atom stereocenters. The summed E-state index contributed by atoms with van der Waals surface area (Å²) >= 11 is 0. The van der Waals surface area contributed by atoms with Crippen LogP contribution in [0.3, 0.4) is 0 Å². The molecule has 0 radical (unpaired) electrons. The van der Waals surface area contributed by atoms with Crippen molar-refractivity contribution in [3.63, 3.8) is 0 Å². The number of hydrogen-bond donors (Lipinski definition) is 1. The first kappa shape index (κ1) is 13.5.